The summed E-state index contributed by atoms with van der Waals surface area (Å²) < 4.78 is 26.9. The molecule has 1 aliphatic heterocycles. The van der Waals surface area contributed by atoms with Crippen molar-refractivity contribution < 1.29 is 8.42 Å². The Bertz CT molecular complexity index is 465. The van der Waals surface area contributed by atoms with Gasteiger partial charge in [-0.3, -0.25) is 0 Å². The summed E-state index contributed by atoms with van der Waals surface area (Å²) in [4.78, 5) is 0.377. The van der Waals surface area contributed by atoms with Crippen molar-refractivity contribution in [2.45, 2.75) is 24.3 Å². The van der Waals surface area contributed by atoms with Crippen LogP contribution >= 0.6 is 0 Å². The Morgan fingerprint density at radius 3 is 2.75 bits per heavy atom. The van der Waals surface area contributed by atoms with Crippen molar-refractivity contribution in [1.82, 2.24) is 10.0 Å². The zero-order chi connectivity index (χ0) is 11.6. The monoisotopic (exact) mass is 240 g/mol. The average molecular weight is 240 g/mol. The summed E-state index contributed by atoms with van der Waals surface area (Å²) in [5.74, 6) is 0. The lowest BCUT2D eigenvalue weighted by Gasteiger charge is -2.13. The highest BCUT2D eigenvalue weighted by Gasteiger charge is 2.23. The lowest BCUT2D eigenvalue weighted by atomic mass is 10.2. The van der Waals surface area contributed by atoms with E-state index in [9.17, 15) is 8.42 Å². The first-order chi connectivity index (χ1) is 7.59. The minimum atomic E-state index is -3.36. The number of benzene rings is 1. The normalized spacial score (nSPS) is 21.2. The fraction of sp³-hybridized carbons (Fsp3) is 0.455. The van der Waals surface area contributed by atoms with Crippen LogP contribution in [-0.4, -0.2) is 27.5 Å². The van der Waals surface area contributed by atoms with Crippen LogP contribution in [0, 0.1) is 6.92 Å². The molecule has 16 heavy (non-hydrogen) atoms. The highest BCUT2D eigenvalue weighted by Crippen LogP contribution is 2.15. The van der Waals surface area contributed by atoms with Gasteiger partial charge in [0.05, 0.1) is 4.90 Å². The number of rotatable bonds is 3. The summed E-state index contributed by atoms with van der Waals surface area (Å²) in [6.07, 6.45) is 0.852. The molecule has 0 radical (unpaired) electrons. The van der Waals surface area contributed by atoms with E-state index in [1.165, 1.54) is 0 Å². The molecule has 2 N–H and O–H groups in total. The zero-order valence-electron chi connectivity index (χ0n) is 9.23. The van der Waals surface area contributed by atoms with Crippen molar-refractivity contribution in [3.63, 3.8) is 0 Å². The molecule has 1 aliphatic rings. The van der Waals surface area contributed by atoms with Gasteiger partial charge in [0.1, 0.15) is 0 Å². The Kier molecular flexibility index (Phi) is 3.28. The van der Waals surface area contributed by atoms with Crippen LogP contribution in [0.5, 0.6) is 0 Å². The lowest BCUT2D eigenvalue weighted by molar-refractivity contribution is 0.559. The second-order valence-corrected chi connectivity index (χ2v) is 5.76. The van der Waals surface area contributed by atoms with Gasteiger partial charge in [-0.2, -0.15) is 0 Å². The third-order valence-corrected chi connectivity index (χ3v) is 4.45. The van der Waals surface area contributed by atoms with Crippen molar-refractivity contribution >= 4 is 10.0 Å². The van der Waals surface area contributed by atoms with Crippen LogP contribution in [0.1, 0.15) is 12.0 Å². The number of hydrogen-bond acceptors (Lipinski definition) is 3. The highest BCUT2D eigenvalue weighted by atomic mass is 32.2. The van der Waals surface area contributed by atoms with Crippen LogP contribution in [0.25, 0.3) is 0 Å². The van der Waals surface area contributed by atoms with Gasteiger partial charge in [-0.15, -0.1) is 0 Å². The van der Waals surface area contributed by atoms with Crippen molar-refractivity contribution in [2.75, 3.05) is 13.1 Å². The van der Waals surface area contributed by atoms with Crippen LogP contribution in [-0.2, 0) is 10.0 Å². The highest BCUT2D eigenvalue weighted by molar-refractivity contribution is 7.89. The molecular formula is C11H16N2O2S. The van der Waals surface area contributed by atoms with Crippen LogP contribution in [0.3, 0.4) is 0 Å². The number of aryl methyl sites for hydroxylation is 1. The summed E-state index contributed by atoms with van der Waals surface area (Å²) in [7, 11) is -3.36. The number of sulfonamides is 1. The van der Waals surface area contributed by atoms with E-state index in [1.807, 2.05) is 19.1 Å². The molecule has 0 bridgehead atoms. The van der Waals surface area contributed by atoms with Gasteiger partial charge in [0.15, 0.2) is 0 Å². The van der Waals surface area contributed by atoms with Gasteiger partial charge in [-0.05, 0) is 31.5 Å². The van der Waals surface area contributed by atoms with Gasteiger partial charge in [0, 0.05) is 12.6 Å². The second-order valence-electron chi connectivity index (χ2n) is 4.08. The van der Waals surface area contributed by atoms with Crippen molar-refractivity contribution in [2.24, 2.45) is 0 Å². The Balaban J connectivity index is 2.21. The lowest BCUT2D eigenvalue weighted by Crippen LogP contribution is -2.36. The van der Waals surface area contributed by atoms with Gasteiger partial charge in [0.2, 0.25) is 10.0 Å². The summed E-state index contributed by atoms with van der Waals surface area (Å²) >= 11 is 0. The van der Waals surface area contributed by atoms with Crippen LogP contribution in [0.4, 0.5) is 0 Å². The van der Waals surface area contributed by atoms with Gasteiger partial charge in [-0.1, -0.05) is 18.2 Å². The topological polar surface area (TPSA) is 58.2 Å². The molecule has 1 heterocycles. The van der Waals surface area contributed by atoms with Gasteiger partial charge in [0.25, 0.3) is 0 Å². The fourth-order valence-electron chi connectivity index (χ4n) is 1.90. The maximum absolute atomic E-state index is 12.1. The largest absolute Gasteiger partial charge is 0.315 e. The average Bonchev–Trinajstić information content (AvgIpc) is 2.70. The molecular weight excluding hydrogens is 224 g/mol. The number of nitrogens with one attached hydrogen (secondary N) is 2. The minimum Gasteiger partial charge on any atom is -0.315 e. The molecule has 5 heteroatoms. The molecule has 4 nitrogen and oxygen atoms in total. The first-order valence-electron chi connectivity index (χ1n) is 5.38. The molecule has 0 spiro atoms. The molecule has 1 aromatic rings. The van der Waals surface area contributed by atoms with E-state index in [2.05, 4.69) is 10.0 Å². The summed E-state index contributed by atoms with van der Waals surface area (Å²) in [5, 5.41) is 3.13. The van der Waals surface area contributed by atoms with Crippen LogP contribution < -0.4 is 10.0 Å². The first-order valence-corrected chi connectivity index (χ1v) is 6.86. The molecule has 0 saturated carbocycles. The quantitative estimate of drug-likeness (QED) is 0.815. The molecule has 1 atom stereocenters. The Morgan fingerprint density at radius 1 is 1.38 bits per heavy atom. The van der Waals surface area contributed by atoms with Gasteiger partial charge in [-0.25, -0.2) is 13.1 Å². The van der Waals surface area contributed by atoms with Gasteiger partial charge < -0.3 is 5.32 Å². The van der Waals surface area contributed by atoms with E-state index >= 15 is 0 Å². The van der Waals surface area contributed by atoms with Gasteiger partial charge >= 0.3 is 0 Å². The third kappa shape index (κ3) is 2.42. The van der Waals surface area contributed by atoms with Crippen molar-refractivity contribution in [1.29, 1.82) is 0 Å². The summed E-state index contributed by atoms with van der Waals surface area (Å²) in [5.41, 5.74) is 0.779. The summed E-state index contributed by atoms with van der Waals surface area (Å²) in [6.45, 7) is 3.40. The minimum absolute atomic E-state index is 0.0182. The Labute approximate surface area is 96.1 Å². The molecule has 1 aromatic carbocycles. The SMILES string of the molecule is Cc1ccccc1S(=O)(=O)NC1CCNC1. The Hall–Kier alpha value is -0.910. The molecule has 0 aromatic heterocycles. The molecule has 88 valence electrons. The first kappa shape index (κ1) is 11.6. The van der Waals surface area contributed by atoms with E-state index in [-0.39, 0.29) is 6.04 Å². The van der Waals surface area contributed by atoms with E-state index in [4.69, 9.17) is 0 Å². The Morgan fingerprint density at radius 2 is 2.12 bits per heavy atom. The third-order valence-electron chi connectivity index (χ3n) is 2.77. The number of hydrogen-bond donors (Lipinski definition) is 2. The molecule has 1 unspecified atom stereocenters. The van der Waals surface area contributed by atoms with E-state index in [0.717, 1.165) is 18.5 Å². The molecule has 2 rings (SSSR count). The van der Waals surface area contributed by atoms with Crippen molar-refractivity contribution in [3.05, 3.63) is 29.8 Å². The zero-order valence-corrected chi connectivity index (χ0v) is 10.0. The molecule has 0 aliphatic carbocycles. The van der Waals surface area contributed by atoms with Crippen LogP contribution in [0.15, 0.2) is 29.2 Å². The summed E-state index contributed by atoms with van der Waals surface area (Å²) in [6, 6.07) is 7.05. The maximum atomic E-state index is 12.1. The van der Waals surface area contributed by atoms with Crippen molar-refractivity contribution in [3.8, 4) is 0 Å². The smallest absolute Gasteiger partial charge is 0.241 e. The van der Waals surface area contributed by atoms with E-state index in [1.54, 1.807) is 12.1 Å². The van der Waals surface area contributed by atoms with Crippen LogP contribution in [0.2, 0.25) is 0 Å². The van der Waals surface area contributed by atoms with E-state index in [0.29, 0.717) is 11.4 Å². The molecule has 0 amide bonds. The van der Waals surface area contributed by atoms with E-state index < -0.39 is 10.0 Å². The second kappa shape index (κ2) is 4.53. The molecule has 1 fully saturated rings. The molecule has 1 saturated heterocycles. The standard InChI is InChI=1S/C11H16N2O2S/c1-9-4-2-3-5-11(9)16(14,15)13-10-6-7-12-8-10/h2-5,10,12-13H,6-8H2,1H3. The predicted molar refractivity (Wildman–Crippen MR) is 62.8 cm³/mol. The fourth-order valence-corrected chi connectivity index (χ4v) is 3.41. The predicted octanol–water partition coefficient (Wildman–Crippen LogP) is 0.635. The maximum Gasteiger partial charge on any atom is 0.241 e.